The van der Waals surface area contributed by atoms with Gasteiger partial charge < -0.3 is 25.2 Å². The van der Waals surface area contributed by atoms with Gasteiger partial charge in [0, 0.05) is 13.0 Å². The predicted octanol–water partition coefficient (Wildman–Crippen LogP) is 12.6. The van der Waals surface area contributed by atoms with Crippen LogP contribution in [0.4, 0.5) is 0 Å². The van der Waals surface area contributed by atoms with E-state index in [4.69, 9.17) is 29.4 Å². The molecule has 0 amide bonds. The van der Waals surface area contributed by atoms with Crippen LogP contribution >= 0.6 is 7.82 Å². The van der Waals surface area contributed by atoms with Crippen LogP contribution in [-0.4, -0.2) is 60.5 Å². The van der Waals surface area contributed by atoms with Gasteiger partial charge in [-0.25, -0.2) is 4.57 Å². The van der Waals surface area contributed by atoms with Crippen molar-refractivity contribution in [1.29, 1.82) is 0 Å². The molecule has 10 nitrogen and oxygen atoms in total. The number of phosphoric ester groups is 1. The molecule has 0 aliphatic rings. The molecule has 0 radical (unpaired) electrons. The minimum absolute atomic E-state index is 0.000463. The van der Waals surface area contributed by atoms with E-state index in [1.807, 2.05) is 0 Å². The van der Waals surface area contributed by atoms with Crippen molar-refractivity contribution in [2.45, 2.75) is 206 Å². The molecule has 0 heterocycles. The summed E-state index contributed by atoms with van der Waals surface area (Å²) in [5, 5.41) is 8.90. The monoisotopic (exact) mass is 826 g/mol. The molecule has 4 N–H and O–H groups in total. The Hall–Kier alpha value is -2.07. The number of carbonyl (C=O) groups excluding carboxylic acids is 1. The first kappa shape index (κ1) is 54.9. The van der Waals surface area contributed by atoms with Crippen molar-refractivity contribution in [3.05, 3.63) is 48.6 Å². The van der Waals surface area contributed by atoms with Crippen LogP contribution in [0.5, 0.6) is 0 Å². The highest BCUT2D eigenvalue weighted by molar-refractivity contribution is 7.47. The summed E-state index contributed by atoms with van der Waals surface area (Å²) in [5.41, 5.74) is 5.35. The summed E-state index contributed by atoms with van der Waals surface area (Å²) in [5.74, 6) is -1.79. The highest BCUT2D eigenvalue weighted by Gasteiger charge is 2.27. The summed E-state index contributed by atoms with van der Waals surface area (Å²) in [6, 6.07) is -1.48. The maximum absolute atomic E-state index is 12.6. The summed E-state index contributed by atoms with van der Waals surface area (Å²) in [7, 11) is -4.62. The third-order valence-electron chi connectivity index (χ3n) is 9.59. The molecular formula is C46H84NO9P. The fourth-order valence-electron chi connectivity index (χ4n) is 6.08. The van der Waals surface area contributed by atoms with E-state index >= 15 is 0 Å². The van der Waals surface area contributed by atoms with Gasteiger partial charge in [0.2, 0.25) is 0 Å². The van der Waals surface area contributed by atoms with Crippen molar-refractivity contribution in [1.82, 2.24) is 0 Å². The van der Waals surface area contributed by atoms with E-state index in [2.05, 4.69) is 62.5 Å². The van der Waals surface area contributed by atoms with Gasteiger partial charge in [0.1, 0.15) is 12.1 Å². The van der Waals surface area contributed by atoms with Crippen molar-refractivity contribution in [3.63, 3.8) is 0 Å². The third-order valence-corrected chi connectivity index (χ3v) is 10.5. The number of carboxylic acid groups (broad SMARTS) is 1. The van der Waals surface area contributed by atoms with Crippen LogP contribution in [0.25, 0.3) is 0 Å². The molecule has 57 heavy (non-hydrogen) atoms. The summed E-state index contributed by atoms with van der Waals surface area (Å²) >= 11 is 0. The summed E-state index contributed by atoms with van der Waals surface area (Å²) < 4.78 is 33.3. The summed E-state index contributed by atoms with van der Waals surface area (Å²) in [6.07, 6.45) is 48.8. The molecular weight excluding hydrogens is 741 g/mol. The average Bonchev–Trinajstić information content (AvgIpc) is 3.19. The molecule has 0 saturated heterocycles. The molecule has 0 aromatic rings. The number of hydrogen-bond acceptors (Lipinski definition) is 8. The molecule has 11 heteroatoms. The lowest BCUT2D eigenvalue weighted by Crippen LogP contribution is -2.34. The lowest BCUT2D eigenvalue weighted by Gasteiger charge is -2.20. The Morgan fingerprint density at radius 1 is 0.579 bits per heavy atom. The molecule has 0 aromatic heterocycles. The Labute approximate surface area is 348 Å². The molecule has 0 fully saturated rings. The number of nitrogens with two attached hydrogens (primary N) is 1. The number of carboxylic acids is 1. The lowest BCUT2D eigenvalue weighted by molar-refractivity contribution is -0.154. The SMILES string of the molecule is CC/C=C\C/C=C\C/C=C\CCCCCCOCC(COP(=O)(O)OCC(N)C(=O)O)OC(=O)CCCCCCCCCCC/C=C\CCCCCCCCCC. The Balaban J connectivity index is 4.20. The number of rotatable bonds is 43. The van der Waals surface area contributed by atoms with E-state index in [9.17, 15) is 19.0 Å². The number of allylic oxidation sites excluding steroid dienone is 8. The van der Waals surface area contributed by atoms with Crippen molar-refractivity contribution in [2.75, 3.05) is 26.4 Å². The zero-order valence-corrected chi connectivity index (χ0v) is 37.1. The quantitative estimate of drug-likeness (QED) is 0.0234. The molecule has 0 spiro atoms. The van der Waals surface area contributed by atoms with Crippen LogP contribution in [0, 0.1) is 0 Å². The third kappa shape index (κ3) is 41.9. The smallest absolute Gasteiger partial charge is 0.472 e. The van der Waals surface area contributed by atoms with Gasteiger partial charge in [0.15, 0.2) is 0 Å². The Kier molecular flexibility index (Phi) is 40.5. The fourth-order valence-corrected chi connectivity index (χ4v) is 6.86. The van der Waals surface area contributed by atoms with Gasteiger partial charge in [-0.15, -0.1) is 0 Å². The van der Waals surface area contributed by atoms with E-state index in [0.717, 1.165) is 70.6 Å². The first-order chi connectivity index (χ1) is 27.7. The van der Waals surface area contributed by atoms with E-state index in [1.54, 1.807) is 0 Å². The van der Waals surface area contributed by atoms with Crippen molar-refractivity contribution >= 4 is 19.8 Å². The first-order valence-corrected chi connectivity index (χ1v) is 24.2. The molecule has 0 aliphatic carbocycles. The van der Waals surface area contributed by atoms with Crippen molar-refractivity contribution in [2.24, 2.45) is 5.73 Å². The van der Waals surface area contributed by atoms with Crippen LogP contribution in [0.3, 0.4) is 0 Å². The molecule has 332 valence electrons. The van der Waals surface area contributed by atoms with E-state index < -0.39 is 45.1 Å². The van der Waals surface area contributed by atoms with Crippen LogP contribution in [0.15, 0.2) is 48.6 Å². The van der Waals surface area contributed by atoms with Crippen LogP contribution in [0.1, 0.15) is 194 Å². The maximum Gasteiger partial charge on any atom is 0.472 e. The largest absolute Gasteiger partial charge is 0.480 e. The zero-order valence-electron chi connectivity index (χ0n) is 36.2. The second-order valence-electron chi connectivity index (χ2n) is 15.1. The van der Waals surface area contributed by atoms with Gasteiger partial charge in [-0.1, -0.05) is 165 Å². The van der Waals surface area contributed by atoms with E-state index in [-0.39, 0.29) is 13.0 Å². The van der Waals surface area contributed by atoms with Gasteiger partial charge in [0.25, 0.3) is 0 Å². The number of hydrogen-bond donors (Lipinski definition) is 3. The van der Waals surface area contributed by atoms with Crippen LogP contribution in [-0.2, 0) is 32.7 Å². The number of carbonyl (C=O) groups is 2. The molecule has 0 bridgehead atoms. The van der Waals surface area contributed by atoms with E-state index in [0.29, 0.717) is 13.0 Å². The number of aliphatic carboxylic acids is 1. The van der Waals surface area contributed by atoms with Gasteiger partial charge in [0.05, 0.1) is 19.8 Å². The lowest BCUT2D eigenvalue weighted by atomic mass is 10.1. The van der Waals surface area contributed by atoms with Gasteiger partial charge in [-0.2, -0.15) is 0 Å². The number of esters is 1. The molecule has 3 unspecified atom stereocenters. The van der Waals surface area contributed by atoms with Gasteiger partial charge in [-0.3, -0.25) is 18.6 Å². The molecule has 0 rings (SSSR count). The topological polar surface area (TPSA) is 155 Å². The fraction of sp³-hybridized carbons (Fsp3) is 0.783. The van der Waals surface area contributed by atoms with E-state index in [1.165, 1.54) is 96.3 Å². The zero-order chi connectivity index (χ0) is 41.9. The number of phosphoric acid groups is 1. The van der Waals surface area contributed by atoms with Crippen LogP contribution in [0.2, 0.25) is 0 Å². The minimum atomic E-state index is -4.62. The molecule has 0 aromatic carbocycles. The standard InChI is InChI=1S/C46H84NO9P/c1-3-5-7-9-11-13-15-17-19-20-21-22-23-24-25-26-28-30-32-34-36-38-45(48)56-43(41-54-57(51,52)55-42-44(47)46(49)50)40-53-39-37-35-33-31-29-27-18-16-14-12-10-8-6-4-2/h6,8,12,14,18,20-21,27,43-44H,3-5,7,9-11,13,15-17,19,22-26,28-42,47H2,1-2H3,(H,49,50)(H,51,52)/b8-6-,14-12-,21-20-,27-18-. The van der Waals surface area contributed by atoms with Crippen molar-refractivity contribution in [3.8, 4) is 0 Å². The van der Waals surface area contributed by atoms with Gasteiger partial charge >= 0.3 is 19.8 Å². The maximum atomic E-state index is 12.6. The second kappa shape index (κ2) is 42.1. The molecule has 3 atom stereocenters. The Morgan fingerprint density at radius 2 is 1.02 bits per heavy atom. The Morgan fingerprint density at radius 3 is 1.54 bits per heavy atom. The van der Waals surface area contributed by atoms with Crippen molar-refractivity contribution < 1.29 is 42.7 Å². The van der Waals surface area contributed by atoms with Gasteiger partial charge in [-0.05, 0) is 70.6 Å². The second-order valence-corrected chi connectivity index (χ2v) is 16.6. The normalized spacial score (nSPS) is 14.3. The Bertz CT molecular complexity index is 1090. The average molecular weight is 826 g/mol. The minimum Gasteiger partial charge on any atom is -0.480 e. The number of ether oxygens (including phenoxy) is 2. The summed E-state index contributed by atoms with van der Waals surface area (Å²) in [6.45, 7) is 3.72. The molecule has 0 saturated carbocycles. The van der Waals surface area contributed by atoms with Crippen LogP contribution < -0.4 is 5.73 Å². The highest BCUT2D eigenvalue weighted by Crippen LogP contribution is 2.43. The molecule has 0 aliphatic heterocycles. The summed E-state index contributed by atoms with van der Waals surface area (Å²) in [4.78, 5) is 33.6. The number of unbranched alkanes of at least 4 members (excludes halogenated alkanes) is 21. The first-order valence-electron chi connectivity index (χ1n) is 22.7. The predicted molar refractivity (Wildman–Crippen MR) is 235 cm³/mol. The highest BCUT2D eigenvalue weighted by atomic mass is 31.2.